The number of hydrogen-bond acceptors (Lipinski definition) is 3. The van der Waals surface area contributed by atoms with E-state index in [0.29, 0.717) is 6.04 Å². The second-order valence-corrected chi connectivity index (χ2v) is 4.03. The van der Waals surface area contributed by atoms with Crippen LogP contribution in [0.5, 0.6) is 0 Å². The minimum Gasteiger partial charge on any atom is -0.310 e. The lowest BCUT2D eigenvalue weighted by atomic mass is 9.92. The van der Waals surface area contributed by atoms with Crippen LogP contribution in [0.4, 0.5) is 0 Å². The van der Waals surface area contributed by atoms with Gasteiger partial charge >= 0.3 is 0 Å². The van der Waals surface area contributed by atoms with E-state index < -0.39 is 0 Å². The molecule has 2 aliphatic rings. The Balaban J connectivity index is 1.96. The van der Waals surface area contributed by atoms with E-state index in [9.17, 15) is 0 Å². The van der Waals surface area contributed by atoms with Crippen LogP contribution in [-0.4, -0.2) is 22.6 Å². The Labute approximate surface area is 83.3 Å². The van der Waals surface area contributed by atoms with Crippen molar-refractivity contribution in [3.8, 4) is 0 Å². The Kier molecular flexibility index (Phi) is 1.84. The fourth-order valence-electron chi connectivity index (χ4n) is 2.49. The molecule has 14 heavy (non-hydrogen) atoms. The van der Waals surface area contributed by atoms with E-state index >= 15 is 0 Å². The van der Waals surface area contributed by atoms with Gasteiger partial charge in [-0.25, -0.2) is 9.97 Å². The lowest BCUT2D eigenvalue weighted by Crippen LogP contribution is -2.32. The first-order valence-electron chi connectivity index (χ1n) is 5.14. The summed E-state index contributed by atoms with van der Waals surface area (Å²) in [4.78, 5) is 8.14. The van der Waals surface area contributed by atoms with E-state index in [4.69, 9.17) is 0 Å². The lowest BCUT2D eigenvalue weighted by molar-refractivity contribution is 0.419. The number of piperidine rings is 1. The van der Waals surface area contributed by atoms with E-state index in [0.717, 1.165) is 12.5 Å². The van der Waals surface area contributed by atoms with Crippen LogP contribution in [0.2, 0.25) is 0 Å². The molecular formula is C11H13N3. The predicted molar refractivity (Wildman–Crippen MR) is 54.5 cm³/mol. The van der Waals surface area contributed by atoms with Gasteiger partial charge in [0.2, 0.25) is 0 Å². The van der Waals surface area contributed by atoms with E-state index in [-0.39, 0.29) is 0 Å². The molecule has 2 atom stereocenters. The van der Waals surface area contributed by atoms with Crippen LogP contribution in [0.25, 0.3) is 5.57 Å². The van der Waals surface area contributed by atoms with E-state index in [2.05, 4.69) is 21.4 Å². The molecule has 1 aliphatic heterocycles. The van der Waals surface area contributed by atoms with Crippen molar-refractivity contribution in [2.24, 2.45) is 5.92 Å². The summed E-state index contributed by atoms with van der Waals surface area (Å²) in [7, 11) is 0. The molecule has 2 unspecified atom stereocenters. The molecule has 0 radical (unpaired) electrons. The molecule has 0 spiro atoms. The topological polar surface area (TPSA) is 37.8 Å². The van der Waals surface area contributed by atoms with Crippen LogP contribution in [0.15, 0.2) is 24.8 Å². The van der Waals surface area contributed by atoms with E-state index in [1.807, 2.05) is 12.4 Å². The minimum absolute atomic E-state index is 0.587. The lowest BCUT2D eigenvalue weighted by Gasteiger charge is -2.21. The highest BCUT2D eigenvalue weighted by Crippen LogP contribution is 2.37. The van der Waals surface area contributed by atoms with E-state index in [1.165, 1.54) is 24.0 Å². The molecule has 2 bridgehead atoms. The summed E-state index contributed by atoms with van der Waals surface area (Å²) >= 11 is 0. The Morgan fingerprint density at radius 3 is 2.93 bits per heavy atom. The SMILES string of the molecule is C1=C(c2cncnc2)C2CCNC1C2. The van der Waals surface area contributed by atoms with Gasteiger partial charge in [-0.15, -0.1) is 0 Å². The van der Waals surface area contributed by atoms with Gasteiger partial charge in [0, 0.05) is 24.0 Å². The fourth-order valence-corrected chi connectivity index (χ4v) is 2.49. The molecule has 1 N–H and O–H groups in total. The summed E-state index contributed by atoms with van der Waals surface area (Å²) in [6.45, 7) is 1.14. The maximum absolute atomic E-state index is 4.07. The molecule has 0 saturated carbocycles. The first-order chi connectivity index (χ1) is 6.93. The van der Waals surface area contributed by atoms with Crippen molar-refractivity contribution < 1.29 is 0 Å². The third-order valence-corrected chi connectivity index (χ3v) is 3.15. The standard InChI is InChI=1S/C11H13N3/c1-2-14-10-3-8(1)11(4-10)9-5-12-7-13-6-9/h4-8,10,14H,1-3H2. The molecule has 1 saturated heterocycles. The third kappa shape index (κ3) is 1.24. The summed E-state index contributed by atoms with van der Waals surface area (Å²) in [5, 5.41) is 3.49. The Morgan fingerprint density at radius 2 is 2.14 bits per heavy atom. The third-order valence-electron chi connectivity index (χ3n) is 3.15. The maximum atomic E-state index is 4.07. The normalized spacial score (nSPS) is 30.1. The molecule has 3 nitrogen and oxygen atoms in total. The van der Waals surface area contributed by atoms with Crippen LogP contribution in [0.3, 0.4) is 0 Å². The molecule has 1 fully saturated rings. The first-order valence-corrected chi connectivity index (χ1v) is 5.14. The van der Waals surface area contributed by atoms with Gasteiger partial charge in [-0.2, -0.15) is 0 Å². The van der Waals surface area contributed by atoms with Gasteiger partial charge in [0.15, 0.2) is 0 Å². The summed E-state index contributed by atoms with van der Waals surface area (Å²) in [6.07, 6.45) is 10.3. The zero-order valence-electron chi connectivity index (χ0n) is 7.98. The highest BCUT2D eigenvalue weighted by molar-refractivity contribution is 5.69. The monoisotopic (exact) mass is 187 g/mol. The molecule has 3 heteroatoms. The molecule has 1 aliphatic carbocycles. The number of aromatic nitrogens is 2. The van der Waals surface area contributed by atoms with Crippen molar-refractivity contribution in [2.75, 3.05) is 6.54 Å². The highest BCUT2D eigenvalue weighted by Gasteiger charge is 2.30. The molecule has 0 aromatic carbocycles. The zero-order valence-corrected chi connectivity index (χ0v) is 7.98. The van der Waals surface area contributed by atoms with Gasteiger partial charge in [0.25, 0.3) is 0 Å². The molecule has 0 amide bonds. The molecule has 1 aromatic rings. The quantitative estimate of drug-likeness (QED) is 0.718. The molecule has 3 rings (SSSR count). The number of allylic oxidation sites excluding steroid dienone is 1. The van der Waals surface area contributed by atoms with Crippen LogP contribution in [-0.2, 0) is 0 Å². The minimum atomic E-state index is 0.587. The van der Waals surface area contributed by atoms with E-state index in [1.54, 1.807) is 6.33 Å². The van der Waals surface area contributed by atoms with Crippen molar-refractivity contribution >= 4 is 5.57 Å². The number of hydrogen-bond donors (Lipinski definition) is 1. The zero-order chi connectivity index (χ0) is 9.38. The maximum Gasteiger partial charge on any atom is 0.115 e. The largest absolute Gasteiger partial charge is 0.310 e. The molecule has 1 aromatic heterocycles. The van der Waals surface area contributed by atoms with Crippen molar-refractivity contribution in [3.05, 3.63) is 30.4 Å². The first kappa shape index (κ1) is 8.12. The highest BCUT2D eigenvalue weighted by atomic mass is 14.9. The van der Waals surface area contributed by atoms with Gasteiger partial charge in [0.05, 0.1) is 0 Å². The average molecular weight is 187 g/mol. The van der Waals surface area contributed by atoms with Crippen molar-refractivity contribution in [1.82, 2.24) is 15.3 Å². The number of fused-ring (bicyclic) bond motifs is 2. The van der Waals surface area contributed by atoms with Crippen LogP contribution in [0.1, 0.15) is 18.4 Å². The van der Waals surface area contributed by atoms with Gasteiger partial charge in [-0.1, -0.05) is 6.08 Å². The fraction of sp³-hybridized carbons (Fsp3) is 0.455. The van der Waals surface area contributed by atoms with Gasteiger partial charge in [-0.05, 0) is 30.9 Å². The van der Waals surface area contributed by atoms with Crippen LogP contribution < -0.4 is 5.32 Å². The summed E-state index contributed by atoms with van der Waals surface area (Å²) < 4.78 is 0. The molecule has 72 valence electrons. The van der Waals surface area contributed by atoms with Crippen molar-refractivity contribution in [1.29, 1.82) is 0 Å². The van der Waals surface area contributed by atoms with Gasteiger partial charge in [-0.3, -0.25) is 0 Å². The number of nitrogens with one attached hydrogen (secondary N) is 1. The predicted octanol–water partition coefficient (Wildman–Crippen LogP) is 1.24. The van der Waals surface area contributed by atoms with Crippen LogP contribution >= 0.6 is 0 Å². The Morgan fingerprint density at radius 1 is 1.29 bits per heavy atom. The Hall–Kier alpha value is -1.22. The van der Waals surface area contributed by atoms with Gasteiger partial charge < -0.3 is 5.32 Å². The summed E-state index contributed by atoms with van der Waals surface area (Å²) in [5.41, 5.74) is 2.64. The number of nitrogens with zero attached hydrogens (tertiary/aromatic N) is 2. The number of rotatable bonds is 1. The van der Waals surface area contributed by atoms with Gasteiger partial charge in [0.1, 0.15) is 6.33 Å². The van der Waals surface area contributed by atoms with Crippen LogP contribution in [0, 0.1) is 5.92 Å². The smallest absolute Gasteiger partial charge is 0.115 e. The Bertz CT molecular complexity index is 358. The molecule has 2 heterocycles. The average Bonchev–Trinajstić information content (AvgIpc) is 2.55. The van der Waals surface area contributed by atoms with Crippen molar-refractivity contribution in [3.63, 3.8) is 0 Å². The second-order valence-electron chi connectivity index (χ2n) is 4.03. The molecular weight excluding hydrogens is 174 g/mol. The second kappa shape index (κ2) is 3.17. The summed E-state index contributed by atoms with van der Waals surface area (Å²) in [5.74, 6) is 0.729. The summed E-state index contributed by atoms with van der Waals surface area (Å²) in [6, 6.07) is 0.587. The van der Waals surface area contributed by atoms with Crippen molar-refractivity contribution in [2.45, 2.75) is 18.9 Å².